The first-order chi connectivity index (χ1) is 5.86. The molecule has 1 heterocycles. The average Bonchev–Trinajstić information content (AvgIpc) is 2.56. The second kappa shape index (κ2) is 3.17. The number of hydrogen-bond acceptors (Lipinski definition) is 2. The van der Waals surface area contributed by atoms with Gasteiger partial charge in [-0.05, 0) is 18.2 Å². The third-order valence-electron chi connectivity index (χ3n) is 1.77. The van der Waals surface area contributed by atoms with Crippen molar-refractivity contribution in [2.24, 2.45) is 0 Å². The van der Waals surface area contributed by atoms with E-state index in [2.05, 4.69) is 16.9 Å². The molecule has 0 atom stereocenters. The third-order valence-corrected chi connectivity index (χ3v) is 2.00. The van der Waals surface area contributed by atoms with Gasteiger partial charge in [-0.3, -0.25) is 0 Å². The molecule has 0 aliphatic carbocycles. The molecule has 62 valence electrons. The Morgan fingerprint density at radius 2 is 2.25 bits per heavy atom. The Hall–Kier alpha value is -0.990. The van der Waals surface area contributed by atoms with Crippen molar-refractivity contribution in [1.29, 1.82) is 0 Å². The zero-order valence-electron chi connectivity index (χ0n) is 6.47. The van der Waals surface area contributed by atoms with Crippen molar-refractivity contribution >= 4 is 17.3 Å². The van der Waals surface area contributed by atoms with Crippen molar-refractivity contribution in [2.75, 3.05) is 6.54 Å². The molecule has 0 bridgehead atoms. The van der Waals surface area contributed by atoms with E-state index in [1.54, 1.807) is 0 Å². The molecule has 2 nitrogen and oxygen atoms in total. The van der Waals surface area contributed by atoms with Gasteiger partial charge in [0.2, 0.25) is 0 Å². The van der Waals surface area contributed by atoms with Crippen molar-refractivity contribution in [3.05, 3.63) is 40.9 Å². The summed E-state index contributed by atoms with van der Waals surface area (Å²) in [7, 11) is 0. The van der Waals surface area contributed by atoms with Crippen LogP contribution in [0.15, 0.2) is 30.3 Å². The molecular weight excluding hydrogens is 172 g/mol. The van der Waals surface area contributed by atoms with Crippen LogP contribution < -0.4 is 10.9 Å². The summed E-state index contributed by atoms with van der Waals surface area (Å²) in [5, 5.41) is 0.766. The minimum absolute atomic E-state index is 0.766. The van der Waals surface area contributed by atoms with Gasteiger partial charge in [0.25, 0.3) is 0 Å². The molecule has 1 aromatic carbocycles. The van der Waals surface area contributed by atoms with Gasteiger partial charge in [0.15, 0.2) is 0 Å². The van der Waals surface area contributed by atoms with Crippen LogP contribution in [0.1, 0.15) is 5.56 Å². The standard InChI is InChI=1S/C9H9ClN2/c10-8-3-1-2-7(6-8)9-4-5-11-12-9/h1-4,6,11-12H,5H2. The Bertz CT molecular complexity index is 320. The largest absolute Gasteiger partial charge is 0.321 e. The molecule has 2 N–H and O–H groups in total. The fourth-order valence-corrected chi connectivity index (χ4v) is 1.39. The molecule has 0 amide bonds. The molecule has 0 spiro atoms. The summed E-state index contributed by atoms with van der Waals surface area (Å²) in [6.45, 7) is 0.863. The summed E-state index contributed by atoms with van der Waals surface area (Å²) in [5.74, 6) is 0. The van der Waals surface area contributed by atoms with Gasteiger partial charge in [0.05, 0.1) is 5.70 Å². The highest BCUT2D eigenvalue weighted by molar-refractivity contribution is 6.30. The van der Waals surface area contributed by atoms with Crippen molar-refractivity contribution in [1.82, 2.24) is 10.9 Å². The Labute approximate surface area is 76.2 Å². The summed E-state index contributed by atoms with van der Waals surface area (Å²) in [6.07, 6.45) is 2.09. The highest BCUT2D eigenvalue weighted by Crippen LogP contribution is 2.17. The summed E-state index contributed by atoms with van der Waals surface area (Å²) >= 11 is 5.85. The summed E-state index contributed by atoms with van der Waals surface area (Å²) in [6, 6.07) is 7.78. The first-order valence-corrected chi connectivity index (χ1v) is 4.19. The van der Waals surface area contributed by atoms with Gasteiger partial charge in [0, 0.05) is 17.1 Å². The van der Waals surface area contributed by atoms with E-state index in [0.29, 0.717) is 0 Å². The topological polar surface area (TPSA) is 24.1 Å². The van der Waals surface area contributed by atoms with E-state index in [9.17, 15) is 0 Å². The molecule has 0 aromatic heterocycles. The maximum absolute atomic E-state index is 5.85. The van der Waals surface area contributed by atoms with Gasteiger partial charge < -0.3 is 5.43 Å². The van der Waals surface area contributed by atoms with Gasteiger partial charge in [-0.1, -0.05) is 23.7 Å². The number of nitrogens with one attached hydrogen (secondary N) is 2. The van der Waals surface area contributed by atoms with Crippen molar-refractivity contribution in [3.8, 4) is 0 Å². The average molecular weight is 181 g/mol. The van der Waals surface area contributed by atoms with Crippen LogP contribution in [0.4, 0.5) is 0 Å². The number of hydrogen-bond donors (Lipinski definition) is 2. The third kappa shape index (κ3) is 1.44. The molecule has 0 unspecified atom stereocenters. The predicted octanol–water partition coefficient (Wildman–Crippen LogP) is 1.79. The van der Waals surface area contributed by atoms with E-state index in [1.165, 1.54) is 0 Å². The Morgan fingerprint density at radius 3 is 2.92 bits per heavy atom. The Morgan fingerprint density at radius 1 is 1.33 bits per heavy atom. The van der Waals surface area contributed by atoms with E-state index >= 15 is 0 Å². The lowest BCUT2D eigenvalue weighted by atomic mass is 10.1. The first kappa shape index (κ1) is 7.65. The Kier molecular flexibility index (Phi) is 2.02. The van der Waals surface area contributed by atoms with E-state index in [1.807, 2.05) is 24.3 Å². The molecular formula is C9H9ClN2. The number of rotatable bonds is 1. The molecule has 0 saturated heterocycles. The van der Waals surface area contributed by atoms with E-state index in [4.69, 9.17) is 11.6 Å². The Balaban J connectivity index is 2.33. The molecule has 1 aliphatic rings. The summed E-state index contributed by atoms with van der Waals surface area (Å²) < 4.78 is 0. The van der Waals surface area contributed by atoms with Crippen LogP contribution in [0, 0.1) is 0 Å². The smallest absolute Gasteiger partial charge is 0.0534 e. The van der Waals surface area contributed by atoms with Crippen LogP contribution in [0.3, 0.4) is 0 Å². The fraction of sp³-hybridized carbons (Fsp3) is 0.111. The van der Waals surface area contributed by atoms with E-state index in [0.717, 1.165) is 22.8 Å². The summed E-state index contributed by atoms with van der Waals surface area (Å²) in [4.78, 5) is 0. The fourth-order valence-electron chi connectivity index (χ4n) is 1.20. The van der Waals surface area contributed by atoms with Gasteiger partial charge in [-0.25, -0.2) is 5.43 Å². The molecule has 1 aliphatic heterocycles. The van der Waals surface area contributed by atoms with Crippen LogP contribution in [0.5, 0.6) is 0 Å². The number of hydrazine groups is 1. The minimum Gasteiger partial charge on any atom is -0.321 e. The first-order valence-electron chi connectivity index (χ1n) is 3.81. The quantitative estimate of drug-likeness (QED) is 0.689. The summed E-state index contributed by atoms with van der Waals surface area (Å²) in [5.41, 5.74) is 8.27. The molecule has 0 saturated carbocycles. The van der Waals surface area contributed by atoms with Crippen LogP contribution in [0.2, 0.25) is 5.02 Å². The van der Waals surface area contributed by atoms with E-state index < -0.39 is 0 Å². The molecule has 2 rings (SSSR count). The lowest BCUT2D eigenvalue weighted by molar-refractivity contribution is 0.738. The SMILES string of the molecule is Clc1cccc(C2=CCNN2)c1. The maximum Gasteiger partial charge on any atom is 0.0534 e. The zero-order valence-corrected chi connectivity index (χ0v) is 7.23. The van der Waals surface area contributed by atoms with Crippen molar-refractivity contribution in [3.63, 3.8) is 0 Å². The van der Waals surface area contributed by atoms with Crippen LogP contribution in [-0.2, 0) is 0 Å². The monoisotopic (exact) mass is 180 g/mol. The molecule has 12 heavy (non-hydrogen) atoms. The lowest BCUT2D eigenvalue weighted by Crippen LogP contribution is -2.22. The van der Waals surface area contributed by atoms with E-state index in [-0.39, 0.29) is 0 Å². The van der Waals surface area contributed by atoms with Gasteiger partial charge in [-0.2, -0.15) is 0 Å². The van der Waals surface area contributed by atoms with Gasteiger partial charge in [0.1, 0.15) is 0 Å². The predicted molar refractivity (Wildman–Crippen MR) is 50.6 cm³/mol. The van der Waals surface area contributed by atoms with Crippen molar-refractivity contribution in [2.45, 2.75) is 0 Å². The normalized spacial score (nSPS) is 15.6. The van der Waals surface area contributed by atoms with Crippen LogP contribution in [-0.4, -0.2) is 6.54 Å². The highest BCUT2D eigenvalue weighted by atomic mass is 35.5. The maximum atomic E-state index is 5.85. The molecule has 0 radical (unpaired) electrons. The van der Waals surface area contributed by atoms with Crippen LogP contribution in [0.25, 0.3) is 5.70 Å². The number of benzene rings is 1. The van der Waals surface area contributed by atoms with Gasteiger partial charge in [-0.15, -0.1) is 0 Å². The second-order valence-electron chi connectivity index (χ2n) is 2.63. The van der Waals surface area contributed by atoms with Gasteiger partial charge >= 0.3 is 0 Å². The molecule has 3 heteroatoms. The minimum atomic E-state index is 0.766. The highest BCUT2D eigenvalue weighted by Gasteiger charge is 2.04. The zero-order chi connectivity index (χ0) is 8.39. The lowest BCUT2D eigenvalue weighted by Gasteiger charge is -2.03. The van der Waals surface area contributed by atoms with Crippen LogP contribution >= 0.6 is 11.6 Å². The number of halogens is 1. The van der Waals surface area contributed by atoms with Crippen molar-refractivity contribution < 1.29 is 0 Å². The molecule has 1 aromatic rings. The second-order valence-corrected chi connectivity index (χ2v) is 3.07. The molecule has 0 fully saturated rings.